The second-order valence-corrected chi connectivity index (χ2v) is 2.53. The third kappa shape index (κ3) is 7.04. The maximum Gasteiger partial charge on any atom is 0.0618 e. The zero-order valence-corrected chi connectivity index (χ0v) is 8.25. The fourth-order valence-electron chi connectivity index (χ4n) is 0.800. The van der Waals surface area contributed by atoms with E-state index in [0.29, 0.717) is 6.42 Å². The van der Waals surface area contributed by atoms with E-state index in [0.717, 1.165) is 6.54 Å². The standard InChI is InChI=1S/C8H11N.C3H5N/c1-9-7-8-5-3-2-4-6-8;1-2-3-4/h2-6,9H,7H2,1H3;2H2,1H3. The molecule has 0 aliphatic rings. The molecule has 0 fully saturated rings. The molecule has 0 amide bonds. The number of rotatable bonds is 2. The summed E-state index contributed by atoms with van der Waals surface area (Å²) in [6.45, 7) is 2.78. The van der Waals surface area contributed by atoms with Gasteiger partial charge in [0.2, 0.25) is 0 Å². The fourth-order valence-corrected chi connectivity index (χ4v) is 0.800. The Bertz CT molecular complexity index is 236. The van der Waals surface area contributed by atoms with E-state index >= 15 is 0 Å². The number of hydrogen-bond donors (Lipinski definition) is 1. The van der Waals surface area contributed by atoms with Crippen LogP contribution in [0.3, 0.4) is 0 Å². The van der Waals surface area contributed by atoms with Crippen molar-refractivity contribution in [3.8, 4) is 6.07 Å². The quantitative estimate of drug-likeness (QED) is 0.750. The first kappa shape index (κ1) is 11.7. The second-order valence-electron chi connectivity index (χ2n) is 2.53. The summed E-state index contributed by atoms with van der Waals surface area (Å²) >= 11 is 0. The van der Waals surface area contributed by atoms with Crippen molar-refractivity contribution in [2.75, 3.05) is 7.05 Å². The Labute approximate surface area is 80.2 Å². The van der Waals surface area contributed by atoms with Gasteiger partial charge in [0, 0.05) is 13.0 Å². The summed E-state index contributed by atoms with van der Waals surface area (Å²) < 4.78 is 0. The lowest BCUT2D eigenvalue weighted by molar-refractivity contribution is 0.818. The van der Waals surface area contributed by atoms with Crippen molar-refractivity contribution in [3.63, 3.8) is 0 Å². The van der Waals surface area contributed by atoms with Gasteiger partial charge in [-0.3, -0.25) is 0 Å². The van der Waals surface area contributed by atoms with Crippen LogP contribution >= 0.6 is 0 Å². The Morgan fingerprint density at radius 3 is 2.23 bits per heavy atom. The molecule has 1 N–H and O–H groups in total. The summed E-state index contributed by atoms with van der Waals surface area (Å²) in [6, 6.07) is 12.3. The van der Waals surface area contributed by atoms with Crippen molar-refractivity contribution in [3.05, 3.63) is 35.9 Å². The largest absolute Gasteiger partial charge is 0.316 e. The maximum absolute atomic E-state index is 7.62. The van der Waals surface area contributed by atoms with E-state index in [2.05, 4.69) is 17.4 Å². The zero-order valence-electron chi connectivity index (χ0n) is 8.25. The topological polar surface area (TPSA) is 35.8 Å². The smallest absolute Gasteiger partial charge is 0.0618 e. The van der Waals surface area contributed by atoms with E-state index in [1.807, 2.05) is 38.2 Å². The third-order valence-corrected chi connectivity index (χ3v) is 1.38. The minimum Gasteiger partial charge on any atom is -0.316 e. The minimum absolute atomic E-state index is 0.625. The van der Waals surface area contributed by atoms with Gasteiger partial charge in [-0.1, -0.05) is 37.3 Å². The van der Waals surface area contributed by atoms with Crippen molar-refractivity contribution in [2.45, 2.75) is 19.9 Å². The van der Waals surface area contributed by atoms with Gasteiger partial charge in [0.05, 0.1) is 6.07 Å². The van der Waals surface area contributed by atoms with E-state index < -0.39 is 0 Å². The predicted octanol–water partition coefficient (Wildman–Crippen LogP) is 2.33. The number of nitriles is 1. The van der Waals surface area contributed by atoms with Crippen LogP contribution in [0.2, 0.25) is 0 Å². The van der Waals surface area contributed by atoms with Crippen LogP contribution in [0, 0.1) is 11.3 Å². The van der Waals surface area contributed by atoms with Crippen LogP contribution in [-0.2, 0) is 6.54 Å². The van der Waals surface area contributed by atoms with Crippen LogP contribution in [0.15, 0.2) is 30.3 Å². The van der Waals surface area contributed by atoms with Gasteiger partial charge in [-0.25, -0.2) is 0 Å². The summed E-state index contributed by atoms with van der Waals surface area (Å²) in [4.78, 5) is 0. The van der Waals surface area contributed by atoms with E-state index in [9.17, 15) is 0 Å². The molecule has 0 atom stereocenters. The monoisotopic (exact) mass is 176 g/mol. The highest BCUT2D eigenvalue weighted by Gasteiger charge is 1.83. The van der Waals surface area contributed by atoms with Crippen molar-refractivity contribution < 1.29 is 0 Å². The molecule has 0 saturated heterocycles. The van der Waals surface area contributed by atoms with Crippen LogP contribution in [-0.4, -0.2) is 7.05 Å². The van der Waals surface area contributed by atoms with Crippen molar-refractivity contribution in [1.82, 2.24) is 5.32 Å². The molecule has 13 heavy (non-hydrogen) atoms. The zero-order chi connectivity index (χ0) is 9.94. The molecule has 0 heterocycles. The Kier molecular flexibility index (Phi) is 7.87. The summed E-state index contributed by atoms with van der Waals surface area (Å²) in [7, 11) is 1.95. The highest BCUT2D eigenvalue weighted by Crippen LogP contribution is 1.95. The van der Waals surface area contributed by atoms with Gasteiger partial charge in [0.25, 0.3) is 0 Å². The lowest BCUT2D eigenvalue weighted by Crippen LogP contribution is -2.04. The maximum atomic E-state index is 7.62. The Balaban J connectivity index is 0.000000310. The average Bonchev–Trinajstić information content (AvgIpc) is 2.20. The van der Waals surface area contributed by atoms with E-state index in [1.54, 1.807) is 0 Å². The van der Waals surface area contributed by atoms with E-state index in [1.165, 1.54) is 5.56 Å². The molecular formula is C11H16N2. The summed E-state index contributed by atoms with van der Waals surface area (Å²) in [5.74, 6) is 0. The van der Waals surface area contributed by atoms with Crippen LogP contribution in [0.25, 0.3) is 0 Å². The van der Waals surface area contributed by atoms with Crippen LogP contribution < -0.4 is 5.32 Å². The van der Waals surface area contributed by atoms with Gasteiger partial charge in [-0.2, -0.15) is 5.26 Å². The first-order valence-corrected chi connectivity index (χ1v) is 4.40. The van der Waals surface area contributed by atoms with Gasteiger partial charge >= 0.3 is 0 Å². The lowest BCUT2D eigenvalue weighted by atomic mass is 10.2. The molecule has 1 rings (SSSR count). The molecule has 0 bridgehead atoms. The average molecular weight is 176 g/mol. The molecule has 0 aliphatic carbocycles. The molecule has 1 aromatic carbocycles. The summed E-state index contributed by atoms with van der Waals surface area (Å²) in [6.07, 6.45) is 0.625. The molecule has 0 saturated carbocycles. The lowest BCUT2D eigenvalue weighted by Gasteiger charge is -1.95. The SMILES string of the molecule is CCC#N.CNCc1ccccc1. The Morgan fingerprint density at radius 1 is 1.31 bits per heavy atom. The molecule has 0 unspecified atom stereocenters. The number of benzene rings is 1. The number of nitrogens with one attached hydrogen (secondary N) is 1. The van der Waals surface area contributed by atoms with Gasteiger partial charge < -0.3 is 5.32 Å². The summed E-state index contributed by atoms with van der Waals surface area (Å²) in [5.41, 5.74) is 1.33. The molecule has 0 spiro atoms. The Hall–Kier alpha value is -1.33. The van der Waals surface area contributed by atoms with Gasteiger partial charge in [0.1, 0.15) is 0 Å². The minimum atomic E-state index is 0.625. The molecule has 70 valence electrons. The van der Waals surface area contributed by atoms with Gasteiger partial charge in [0.15, 0.2) is 0 Å². The predicted molar refractivity (Wildman–Crippen MR) is 55.1 cm³/mol. The molecule has 1 aromatic rings. The Morgan fingerprint density at radius 2 is 1.85 bits per heavy atom. The highest BCUT2D eigenvalue weighted by atomic mass is 14.8. The van der Waals surface area contributed by atoms with E-state index in [4.69, 9.17) is 5.26 Å². The number of hydrogen-bond acceptors (Lipinski definition) is 2. The molecule has 0 aromatic heterocycles. The molecular weight excluding hydrogens is 160 g/mol. The van der Waals surface area contributed by atoms with Crippen LogP contribution in [0.4, 0.5) is 0 Å². The summed E-state index contributed by atoms with van der Waals surface area (Å²) in [5, 5.41) is 10.7. The number of nitrogens with zero attached hydrogens (tertiary/aromatic N) is 1. The molecule has 0 radical (unpaired) electrons. The molecule has 2 heteroatoms. The molecule has 0 aliphatic heterocycles. The van der Waals surface area contributed by atoms with Crippen molar-refractivity contribution in [2.24, 2.45) is 0 Å². The normalized spacial score (nSPS) is 8.08. The van der Waals surface area contributed by atoms with Crippen molar-refractivity contribution >= 4 is 0 Å². The van der Waals surface area contributed by atoms with Crippen molar-refractivity contribution in [1.29, 1.82) is 5.26 Å². The third-order valence-electron chi connectivity index (χ3n) is 1.38. The van der Waals surface area contributed by atoms with Crippen LogP contribution in [0.1, 0.15) is 18.9 Å². The molecule has 2 nitrogen and oxygen atoms in total. The highest BCUT2D eigenvalue weighted by molar-refractivity contribution is 5.13. The van der Waals surface area contributed by atoms with Gasteiger partial charge in [-0.05, 0) is 12.6 Å². The first-order chi connectivity index (χ1) is 6.35. The fraction of sp³-hybridized carbons (Fsp3) is 0.364. The van der Waals surface area contributed by atoms with Gasteiger partial charge in [-0.15, -0.1) is 0 Å². The van der Waals surface area contributed by atoms with E-state index in [-0.39, 0.29) is 0 Å². The van der Waals surface area contributed by atoms with Crippen LogP contribution in [0.5, 0.6) is 0 Å². The first-order valence-electron chi connectivity index (χ1n) is 4.40. The second kappa shape index (κ2) is 8.76.